The molecule has 6 nitrogen and oxygen atoms in total. The van der Waals surface area contributed by atoms with E-state index in [0.29, 0.717) is 32.3 Å². The summed E-state index contributed by atoms with van der Waals surface area (Å²) in [5.74, 6) is -1.39. The van der Waals surface area contributed by atoms with E-state index in [1.807, 2.05) is 12.1 Å². The fraction of sp³-hybridized carbons (Fsp3) is 0.0833. The Bertz CT molecular complexity index is 1510. The van der Waals surface area contributed by atoms with Gasteiger partial charge in [-0.15, -0.1) is 0 Å². The molecule has 0 aliphatic rings. The van der Waals surface area contributed by atoms with Crippen molar-refractivity contribution in [2.24, 2.45) is 0 Å². The van der Waals surface area contributed by atoms with Crippen molar-refractivity contribution in [1.29, 1.82) is 0 Å². The van der Waals surface area contributed by atoms with Crippen LogP contribution >= 0.6 is 0 Å². The van der Waals surface area contributed by atoms with E-state index >= 15 is 0 Å². The summed E-state index contributed by atoms with van der Waals surface area (Å²) < 4.78 is 10.3. The van der Waals surface area contributed by atoms with Gasteiger partial charge in [0.05, 0.1) is 0 Å². The zero-order valence-corrected chi connectivity index (χ0v) is 16.1. The molecular weight excluding hydrogens is 384 g/mol. The zero-order valence-electron chi connectivity index (χ0n) is 16.1. The molecule has 30 heavy (non-hydrogen) atoms. The van der Waals surface area contributed by atoms with Gasteiger partial charge in [0.2, 0.25) is 10.9 Å². The lowest BCUT2D eigenvalue weighted by atomic mass is 9.89. The average molecular weight is 398 g/mol. The lowest BCUT2D eigenvalue weighted by Gasteiger charge is -2.15. The SMILES string of the molecule is CC(=O)Oc1cc2c3cc(OC(C)=O)c(=O)c4cccc(c5cccc(c1=O)c52)c43. The van der Waals surface area contributed by atoms with Crippen LogP contribution in [0.1, 0.15) is 13.8 Å². The number of carbonyl (C=O) groups excluding carboxylic acids is 2. The number of hydrogen-bond donors (Lipinski definition) is 0. The minimum absolute atomic E-state index is 0.0880. The third kappa shape index (κ3) is 2.43. The van der Waals surface area contributed by atoms with E-state index in [9.17, 15) is 19.2 Å². The molecule has 5 aromatic rings. The fourth-order valence-corrected chi connectivity index (χ4v) is 4.20. The molecule has 0 saturated heterocycles. The van der Waals surface area contributed by atoms with E-state index in [0.717, 1.165) is 10.8 Å². The smallest absolute Gasteiger partial charge is 0.308 e. The maximum absolute atomic E-state index is 12.9. The standard InChI is InChI=1S/C24H14O6/c1-11(25)29-19-9-17-18-10-20(30-12(2)26)24(28)16-8-4-6-14(22(16)18)13-5-3-7-15(21(13)17)23(19)27/h3-10H,1-2H3. The highest BCUT2D eigenvalue weighted by molar-refractivity contribution is 6.33. The van der Waals surface area contributed by atoms with Crippen LogP contribution < -0.4 is 20.3 Å². The van der Waals surface area contributed by atoms with Crippen LogP contribution in [-0.2, 0) is 9.59 Å². The molecule has 0 amide bonds. The van der Waals surface area contributed by atoms with Gasteiger partial charge in [-0.1, -0.05) is 36.4 Å². The first kappa shape index (κ1) is 18.0. The molecule has 0 radical (unpaired) electrons. The number of esters is 2. The number of benzene rings is 5. The second-order valence-electron chi connectivity index (χ2n) is 7.15. The van der Waals surface area contributed by atoms with Gasteiger partial charge in [-0.05, 0) is 33.7 Å². The van der Waals surface area contributed by atoms with Gasteiger partial charge in [-0.25, -0.2) is 0 Å². The Morgan fingerprint density at radius 2 is 0.967 bits per heavy atom. The van der Waals surface area contributed by atoms with Crippen molar-refractivity contribution in [2.75, 3.05) is 0 Å². The highest BCUT2D eigenvalue weighted by Gasteiger charge is 2.20. The largest absolute Gasteiger partial charge is 0.422 e. The van der Waals surface area contributed by atoms with Gasteiger partial charge in [0.1, 0.15) is 0 Å². The maximum Gasteiger partial charge on any atom is 0.308 e. The maximum atomic E-state index is 12.9. The molecule has 5 aromatic carbocycles. The van der Waals surface area contributed by atoms with Crippen LogP contribution in [0.2, 0.25) is 0 Å². The molecule has 0 unspecified atom stereocenters. The van der Waals surface area contributed by atoms with E-state index in [4.69, 9.17) is 9.47 Å². The van der Waals surface area contributed by atoms with Crippen molar-refractivity contribution < 1.29 is 19.1 Å². The molecule has 0 heterocycles. The predicted octanol–water partition coefficient (Wildman–Crippen LogP) is 3.75. The van der Waals surface area contributed by atoms with Gasteiger partial charge >= 0.3 is 11.9 Å². The summed E-state index contributed by atoms with van der Waals surface area (Å²) in [6.07, 6.45) is 0. The monoisotopic (exact) mass is 398 g/mol. The number of ether oxygens (including phenoxy) is 2. The summed E-state index contributed by atoms with van der Waals surface area (Å²) in [4.78, 5) is 48.9. The molecule has 0 aromatic heterocycles. The minimum Gasteiger partial charge on any atom is -0.422 e. The lowest BCUT2D eigenvalue weighted by molar-refractivity contribution is -0.132. The first-order valence-corrected chi connectivity index (χ1v) is 9.28. The van der Waals surface area contributed by atoms with E-state index in [-0.39, 0.29) is 22.4 Å². The van der Waals surface area contributed by atoms with Crippen LogP contribution in [0, 0.1) is 0 Å². The van der Waals surface area contributed by atoms with Gasteiger partial charge in [0, 0.05) is 35.4 Å². The molecule has 0 bridgehead atoms. The van der Waals surface area contributed by atoms with Crippen molar-refractivity contribution in [1.82, 2.24) is 0 Å². The Morgan fingerprint density at radius 1 is 0.600 bits per heavy atom. The number of carbonyl (C=O) groups is 2. The summed E-state index contributed by atoms with van der Waals surface area (Å²) in [5.41, 5.74) is -0.774. The Labute approximate surface area is 168 Å². The van der Waals surface area contributed by atoms with Crippen LogP contribution in [0.5, 0.6) is 11.5 Å². The van der Waals surface area contributed by atoms with Crippen LogP contribution in [0.4, 0.5) is 0 Å². The van der Waals surface area contributed by atoms with E-state index < -0.39 is 11.9 Å². The van der Waals surface area contributed by atoms with Crippen LogP contribution in [0.15, 0.2) is 58.1 Å². The van der Waals surface area contributed by atoms with Gasteiger partial charge in [0.25, 0.3) is 0 Å². The van der Waals surface area contributed by atoms with Crippen molar-refractivity contribution in [3.63, 3.8) is 0 Å². The Kier molecular flexibility index (Phi) is 3.73. The summed E-state index contributed by atoms with van der Waals surface area (Å²) in [6, 6.07) is 13.7. The molecule has 0 spiro atoms. The van der Waals surface area contributed by atoms with Crippen LogP contribution in [0.25, 0.3) is 43.1 Å². The Balaban J connectivity index is 2.10. The Morgan fingerprint density at radius 3 is 1.33 bits per heavy atom. The highest BCUT2D eigenvalue weighted by Crippen LogP contribution is 2.40. The average Bonchev–Trinajstić information content (AvgIpc) is 2.70. The summed E-state index contributed by atoms with van der Waals surface area (Å²) in [7, 11) is 0. The predicted molar refractivity (Wildman–Crippen MR) is 114 cm³/mol. The zero-order chi connectivity index (χ0) is 21.2. The van der Waals surface area contributed by atoms with E-state index in [2.05, 4.69) is 0 Å². The van der Waals surface area contributed by atoms with Crippen molar-refractivity contribution in [3.05, 3.63) is 69.0 Å². The lowest BCUT2D eigenvalue weighted by Crippen LogP contribution is -2.13. The number of rotatable bonds is 2. The second kappa shape index (κ2) is 6.22. The molecule has 0 saturated carbocycles. The summed E-state index contributed by atoms with van der Waals surface area (Å²) in [6.45, 7) is 2.45. The van der Waals surface area contributed by atoms with Gasteiger partial charge in [0.15, 0.2) is 11.5 Å². The highest BCUT2D eigenvalue weighted by atomic mass is 16.5. The topological polar surface area (TPSA) is 86.7 Å². The quantitative estimate of drug-likeness (QED) is 0.195. The normalized spacial score (nSPS) is 11.5. The molecule has 5 rings (SSSR count). The summed E-state index contributed by atoms with van der Waals surface area (Å²) >= 11 is 0. The first-order chi connectivity index (χ1) is 14.4. The first-order valence-electron chi connectivity index (χ1n) is 9.28. The third-order valence-electron chi connectivity index (χ3n) is 5.24. The molecule has 6 heteroatoms. The molecular formula is C24H14O6. The van der Waals surface area contributed by atoms with Crippen LogP contribution in [-0.4, -0.2) is 11.9 Å². The van der Waals surface area contributed by atoms with Gasteiger partial charge in [-0.2, -0.15) is 0 Å². The van der Waals surface area contributed by atoms with Crippen molar-refractivity contribution >= 4 is 55.0 Å². The minimum atomic E-state index is -0.605. The summed E-state index contributed by atoms with van der Waals surface area (Å²) in [5, 5.41) is 5.10. The van der Waals surface area contributed by atoms with Crippen molar-refractivity contribution in [3.8, 4) is 11.5 Å². The molecule has 0 aliphatic carbocycles. The molecule has 0 fully saturated rings. The van der Waals surface area contributed by atoms with Gasteiger partial charge < -0.3 is 9.47 Å². The van der Waals surface area contributed by atoms with Gasteiger partial charge in [-0.3, -0.25) is 19.2 Å². The van der Waals surface area contributed by atoms with Crippen LogP contribution in [0.3, 0.4) is 0 Å². The second-order valence-corrected chi connectivity index (χ2v) is 7.15. The van der Waals surface area contributed by atoms with Crippen molar-refractivity contribution in [2.45, 2.75) is 13.8 Å². The Hall–Kier alpha value is -4.06. The molecule has 0 aliphatic heterocycles. The molecule has 146 valence electrons. The molecule has 0 N–H and O–H groups in total. The molecule has 0 atom stereocenters. The third-order valence-corrected chi connectivity index (χ3v) is 5.24. The van der Waals surface area contributed by atoms with E-state index in [1.54, 1.807) is 24.3 Å². The number of hydrogen-bond acceptors (Lipinski definition) is 6. The van der Waals surface area contributed by atoms with E-state index in [1.165, 1.54) is 26.0 Å². The fourth-order valence-electron chi connectivity index (χ4n) is 4.20. The number of fused-ring (bicyclic) bond motifs is 2.